The van der Waals surface area contributed by atoms with E-state index in [9.17, 15) is 0 Å². The van der Waals surface area contributed by atoms with Crippen LogP contribution in [0.1, 0.15) is 0 Å². The number of aromatic nitrogens is 1. The van der Waals surface area contributed by atoms with E-state index in [2.05, 4.69) is 132 Å². The van der Waals surface area contributed by atoms with Crippen LogP contribution < -0.4 is 0 Å². The molecule has 2 heteroatoms. The van der Waals surface area contributed by atoms with Crippen LogP contribution in [0.4, 0.5) is 0 Å². The molecule has 10 rings (SSSR count). The van der Waals surface area contributed by atoms with Gasteiger partial charge in [-0.05, 0) is 62.7 Å². The zero-order chi connectivity index (χ0) is 25.9. The molecule has 1 aliphatic carbocycles. The molecule has 0 N–H and O–H groups in total. The van der Waals surface area contributed by atoms with Gasteiger partial charge in [-0.15, -0.1) is 11.3 Å². The van der Waals surface area contributed by atoms with Crippen LogP contribution in [0.25, 0.3) is 91.5 Å². The third-order valence-corrected chi connectivity index (χ3v) is 10.0. The first-order chi connectivity index (χ1) is 19.8. The number of fused-ring (bicyclic) bond motifs is 12. The summed E-state index contributed by atoms with van der Waals surface area (Å²) >= 11 is 1.88. The van der Waals surface area contributed by atoms with Crippen molar-refractivity contribution in [2.75, 3.05) is 0 Å². The van der Waals surface area contributed by atoms with E-state index in [1.54, 1.807) is 0 Å². The molecule has 2 aromatic heterocycles. The minimum Gasteiger partial charge on any atom is -0.309 e. The number of hydrogen-bond acceptors (Lipinski definition) is 1. The van der Waals surface area contributed by atoms with Gasteiger partial charge in [0.2, 0.25) is 0 Å². The maximum atomic E-state index is 2.53. The molecule has 9 aromatic rings. The number of rotatable bonds is 1. The predicted octanol–water partition coefficient (Wildman–Crippen LogP) is 11.1. The molecule has 0 saturated carbocycles. The van der Waals surface area contributed by atoms with E-state index in [4.69, 9.17) is 0 Å². The van der Waals surface area contributed by atoms with Crippen molar-refractivity contribution in [2.45, 2.75) is 0 Å². The zero-order valence-electron chi connectivity index (χ0n) is 21.5. The van der Waals surface area contributed by atoms with Crippen molar-refractivity contribution in [3.05, 3.63) is 127 Å². The first-order valence-electron chi connectivity index (χ1n) is 13.8. The van der Waals surface area contributed by atoms with Crippen LogP contribution in [0.15, 0.2) is 127 Å². The van der Waals surface area contributed by atoms with Gasteiger partial charge >= 0.3 is 0 Å². The Bertz CT molecular complexity index is 2540. The van der Waals surface area contributed by atoms with Crippen molar-refractivity contribution in [1.82, 2.24) is 4.57 Å². The van der Waals surface area contributed by atoms with E-state index < -0.39 is 0 Å². The maximum Gasteiger partial charge on any atom is 0.0619 e. The van der Waals surface area contributed by atoms with Gasteiger partial charge in [0.25, 0.3) is 0 Å². The highest BCUT2D eigenvalue weighted by molar-refractivity contribution is 7.25. The van der Waals surface area contributed by atoms with Crippen molar-refractivity contribution in [2.24, 2.45) is 0 Å². The molecule has 0 aliphatic heterocycles. The summed E-state index contributed by atoms with van der Waals surface area (Å²) in [6, 6.07) is 47.4. The van der Waals surface area contributed by atoms with Gasteiger partial charge in [0.1, 0.15) is 0 Å². The number of nitrogens with zero attached hydrogens (tertiary/aromatic N) is 1. The topological polar surface area (TPSA) is 4.93 Å². The fraction of sp³-hybridized carbons (Fsp3) is 0. The summed E-state index contributed by atoms with van der Waals surface area (Å²) in [5, 5.41) is 10.6. The molecule has 7 aromatic carbocycles. The lowest BCUT2D eigenvalue weighted by Gasteiger charge is -2.11. The summed E-state index contributed by atoms with van der Waals surface area (Å²) < 4.78 is 5.19. The SMILES string of the molecule is c1ccc2c(c1)-c1cccc3c1c-2cc1c3c2ccc3ccccc3c2n1-c1ccc2c(c1)sc1ccccc12. The van der Waals surface area contributed by atoms with E-state index in [0.717, 1.165) is 0 Å². The lowest BCUT2D eigenvalue weighted by molar-refractivity contribution is 1.19. The molecule has 0 fully saturated rings. The Labute approximate surface area is 234 Å². The summed E-state index contributed by atoms with van der Waals surface area (Å²) in [4.78, 5) is 0. The van der Waals surface area contributed by atoms with Crippen molar-refractivity contribution in [1.29, 1.82) is 0 Å². The van der Waals surface area contributed by atoms with Gasteiger partial charge in [0, 0.05) is 42.0 Å². The second-order valence-electron chi connectivity index (χ2n) is 10.9. The highest BCUT2D eigenvalue weighted by atomic mass is 32.1. The average molecular weight is 524 g/mol. The molecule has 0 saturated heterocycles. The fourth-order valence-corrected chi connectivity index (χ4v) is 8.40. The monoisotopic (exact) mass is 523 g/mol. The summed E-state index contributed by atoms with van der Waals surface area (Å²) in [7, 11) is 0. The molecule has 1 aliphatic rings. The molecule has 0 spiro atoms. The van der Waals surface area contributed by atoms with Gasteiger partial charge in [0.05, 0.1) is 11.0 Å². The lowest BCUT2D eigenvalue weighted by Crippen LogP contribution is -1.94. The van der Waals surface area contributed by atoms with Crippen LogP contribution in [0.5, 0.6) is 0 Å². The number of hydrogen-bond donors (Lipinski definition) is 0. The average Bonchev–Trinajstić information content (AvgIpc) is 3.66. The minimum atomic E-state index is 1.21. The Morgan fingerprint density at radius 3 is 2.05 bits per heavy atom. The maximum absolute atomic E-state index is 2.53. The van der Waals surface area contributed by atoms with Crippen LogP contribution in [-0.4, -0.2) is 4.57 Å². The van der Waals surface area contributed by atoms with Gasteiger partial charge in [0.15, 0.2) is 0 Å². The smallest absolute Gasteiger partial charge is 0.0619 e. The predicted molar refractivity (Wildman–Crippen MR) is 173 cm³/mol. The molecular weight excluding hydrogens is 502 g/mol. The van der Waals surface area contributed by atoms with Crippen molar-refractivity contribution < 1.29 is 0 Å². The molecule has 40 heavy (non-hydrogen) atoms. The summed E-state index contributed by atoms with van der Waals surface area (Å²) in [6.07, 6.45) is 0. The standard InChI is InChI=1S/C38H21NS/c1-2-9-24-22(8-1)16-18-31-37-30-14-7-13-29-25-10-3-4-11-26(25)32(36(29)30)21-33(37)39(38(24)31)23-17-19-28-27-12-5-6-15-34(27)40-35(28)20-23/h1-21H. The van der Waals surface area contributed by atoms with Gasteiger partial charge in [-0.1, -0.05) is 103 Å². The van der Waals surface area contributed by atoms with Gasteiger partial charge in [-0.2, -0.15) is 0 Å². The van der Waals surface area contributed by atoms with Crippen LogP contribution >= 0.6 is 11.3 Å². The number of thiophene rings is 1. The highest BCUT2D eigenvalue weighted by Crippen LogP contribution is 2.51. The normalized spacial score (nSPS) is 12.5. The Morgan fingerprint density at radius 2 is 1.12 bits per heavy atom. The Balaban J connectivity index is 1.43. The first-order valence-corrected chi connectivity index (χ1v) is 14.6. The molecule has 184 valence electrons. The molecular formula is C38H21NS. The van der Waals surface area contributed by atoms with E-state index in [1.165, 1.54) is 91.5 Å². The third-order valence-electron chi connectivity index (χ3n) is 8.90. The van der Waals surface area contributed by atoms with E-state index in [1.807, 2.05) is 11.3 Å². The molecule has 0 amide bonds. The first kappa shape index (κ1) is 21.0. The van der Waals surface area contributed by atoms with Gasteiger partial charge < -0.3 is 4.57 Å². The highest BCUT2D eigenvalue weighted by Gasteiger charge is 2.26. The van der Waals surface area contributed by atoms with Crippen LogP contribution in [-0.2, 0) is 0 Å². The van der Waals surface area contributed by atoms with Crippen molar-refractivity contribution in [3.63, 3.8) is 0 Å². The largest absolute Gasteiger partial charge is 0.309 e. The van der Waals surface area contributed by atoms with Crippen LogP contribution in [0.3, 0.4) is 0 Å². The quantitative estimate of drug-likeness (QED) is 0.202. The van der Waals surface area contributed by atoms with Crippen LogP contribution in [0, 0.1) is 0 Å². The molecule has 1 nitrogen and oxygen atoms in total. The summed E-state index contributed by atoms with van der Waals surface area (Å²) in [5.74, 6) is 0. The van der Waals surface area contributed by atoms with Gasteiger partial charge in [-0.25, -0.2) is 0 Å². The third kappa shape index (κ3) is 2.53. The van der Waals surface area contributed by atoms with Gasteiger partial charge in [-0.3, -0.25) is 0 Å². The Kier molecular flexibility index (Phi) is 3.87. The second kappa shape index (κ2) is 7.38. The molecule has 2 heterocycles. The summed E-state index contributed by atoms with van der Waals surface area (Å²) in [5.41, 5.74) is 9.11. The second-order valence-corrected chi connectivity index (χ2v) is 12.0. The lowest BCUT2D eigenvalue weighted by atomic mass is 9.97. The molecule has 0 bridgehead atoms. The molecule has 0 radical (unpaired) electrons. The van der Waals surface area contributed by atoms with E-state index in [-0.39, 0.29) is 0 Å². The van der Waals surface area contributed by atoms with E-state index in [0.29, 0.717) is 0 Å². The fourth-order valence-electron chi connectivity index (χ4n) is 7.26. The zero-order valence-corrected chi connectivity index (χ0v) is 22.3. The van der Waals surface area contributed by atoms with Crippen molar-refractivity contribution >= 4 is 74.9 Å². The molecule has 0 atom stereocenters. The Morgan fingerprint density at radius 1 is 0.425 bits per heavy atom. The Hall–Kier alpha value is -4.92. The van der Waals surface area contributed by atoms with Crippen molar-refractivity contribution in [3.8, 4) is 27.9 Å². The summed E-state index contributed by atoms with van der Waals surface area (Å²) in [6.45, 7) is 0. The van der Waals surface area contributed by atoms with Crippen LogP contribution in [0.2, 0.25) is 0 Å². The number of benzene rings is 7. The van der Waals surface area contributed by atoms with E-state index >= 15 is 0 Å². The minimum absolute atomic E-state index is 1.21. The molecule has 0 unspecified atom stereocenters.